The van der Waals surface area contributed by atoms with E-state index in [1.807, 2.05) is 13.0 Å². The minimum Gasteiger partial charge on any atom is -0.268 e. The van der Waals surface area contributed by atoms with Gasteiger partial charge >= 0.3 is 0 Å². The van der Waals surface area contributed by atoms with E-state index in [1.165, 1.54) is 15.8 Å². The SMILES string of the molecule is CCn1nc(-c2ccc(C)c(C)c2)ccc1=O. The first-order valence-electron chi connectivity index (χ1n) is 5.77. The van der Waals surface area contributed by atoms with Gasteiger partial charge in [0.2, 0.25) is 0 Å². The molecule has 0 radical (unpaired) electrons. The number of rotatable bonds is 2. The highest BCUT2D eigenvalue weighted by molar-refractivity contribution is 5.60. The molecule has 0 spiro atoms. The molecule has 0 bridgehead atoms. The molecule has 2 aromatic rings. The first-order valence-corrected chi connectivity index (χ1v) is 5.77. The summed E-state index contributed by atoms with van der Waals surface area (Å²) >= 11 is 0. The Hall–Kier alpha value is -1.90. The van der Waals surface area contributed by atoms with Gasteiger partial charge in [-0.1, -0.05) is 12.1 Å². The van der Waals surface area contributed by atoms with Crippen LogP contribution in [0.1, 0.15) is 18.1 Å². The number of aryl methyl sites for hydroxylation is 3. The van der Waals surface area contributed by atoms with Crippen LogP contribution in [0.3, 0.4) is 0 Å². The third-order valence-corrected chi connectivity index (χ3v) is 2.97. The first-order chi connectivity index (χ1) is 8.11. The Morgan fingerprint density at radius 3 is 2.53 bits per heavy atom. The molecule has 0 aliphatic rings. The molecule has 0 fully saturated rings. The summed E-state index contributed by atoms with van der Waals surface area (Å²) in [5.74, 6) is 0. The lowest BCUT2D eigenvalue weighted by Gasteiger charge is -2.06. The van der Waals surface area contributed by atoms with Crippen LogP contribution in [0.2, 0.25) is 0 Å². The Morgan fingerprint density at radius 2 is 1.88 bits per heavy atom. The minimum absolute atomic E-state index is 0.0555. The maximum absolute atomic E-state index is 11.5. The zero-order valence-electron chi connectivity index (χ0n) is 10.4. The van der Waals surface area contributed by atoms with Crippen LogP contribution in [0, 0.1) is 13.8 Å². The van der Waals surface area contributed by atoms with Gasteiger partial charge in [0.1, 0.15) is 0 Å². The van der Waals surface area contributed by atoms with Gasteiger partial charge in [-0.15, -0.1) is 0 Å². The van der Waals surface area contributed by atoms with Gasteiger partial charge in [-0.2, -0.15) is 5.10 Å². The Labute approximate surface area is 101 Å². The summed E-state index contributed by atoms with van der Waals surface area (Å²) in [5, 5.41) is 4.34. The predicted octanol–water partition coefficient (Wildman–Crippen LogP) is 2.55. The van der Waals surface area contributed by atoms with E-state index in [1.54, 1.807) is 12.1 Å². The molecule has 3 heteroatoms. The highest BCUT2D eigenvalue weighted by atomic mass is 16.1. The summed E-state index contributed by atoms with van der Waals surface area (Å²) < 4.78 is 1.48. The van der Waals surface area contributed by atoms with Crippen molar-refractivity contribution in [3.63, 3.8) is 0 Å². The average molecular weight is 228 g/mol. The molecule has 3 nitrogen and oxygen atoms in total. The summed E-state index contributed by atoms with van der Waals surface area (Å²) in [6.07, 6.45) is 0. The fraction of sp³-hybridized carbons (Fsp3) is 0.286. The van der Waals surface area contributed by atoms with Crippen LogP contribution in [0.4, 0.5) is 0 Å². The summed E-state index contributed by atoms with van der Waals surface area (Å²) in [5.41, 5.74) is 4.33. The summed E-state index contributed by atoms with van der Waals surface area (Å²) in [7, 11) is 0. The van der Waals surface area contributed by atoms with E-state index in [2.05, 4.69) is 31.1 Å². The van der Waals surface area contributed by atoms with Crippen molar-refractivity contribution in [3.05, 3.63) is 51.8 Å². The highest BCUT2D eigenvalue weighted by Crippen LogP contribution is 2.19. The quantitative estimate of drug-likeness (QED) is 0.791. The fourth-order valence-corrected chi connectivity index (χ4v) is 1.73. The van der Waals surface area contributed by atoms with E-state index in [-0.39, 0.29) is 5.56 Å². The molecule has 1 heterocycles. The van der Waals surface area contributed by atoms with Crippen LogP contribution < -0.4 is 5.56 Å². The molecule has 0 saturated carbocycles. The molecule has 0 atom stereocenters. The molecule has 17 heavy (non-hydrogen) atoms. The lowest BCUT2D eigenvalue weighted by molar-refractivity contribution is 0.619. The number of hydrogen-bond acceptors (Lipinski definition) is 2. The maximum Gasteiger partial charge on any atom is 0.266 e. The topological polar surface area (TPSA) is 34.9 Å². The van der Waals surface area contributed by atoms with Crippen molar-refractivity contribution in [2.24, 2.45) is 0 Å². The third-order valence-electron chi connectivity index (χ3n) is 2.97. The van der Waals surface area contributed by atoms with E-state index in [0.29, 0.717) is 6.54 Å². The molecule has 1 aromatic heterocycles. The van der Waals surface area contributed by atoms with Gasteiger partial charge in [0, 0.05) is 18.2 Å². The lowest BCUT2D eigenvalue weighted by atomic mass is 10.0. The second-order valence-electron chi connectivity index (χ2n) is 4.17. The van der Waals surface area contributed by atoms with Crippen LogP contribution in [-0.2, 0) is 6.54 Å². The molecule has 0 saturated heterocycles. The zero-order chi connectivity index (χ0) is 12.4. The van der Waals surface area contributed by atoms with Crippen LogP contribution in [-0.4, -0.2) is 9.78 Å². The van der Waals surface area contributed by atoms with Gasteiger partial charge in [0.25, 0.3) is 5.56 Å². The molecule has 1 aromatic carbocycles. The molecular formula is C14H16N2O. The van der Waals surface area contributed by atoms with Gasteiger partial charge in [-0.25, -0.2) is 4.68 Å². The minimum atomic E-state index is -0.0555. The summed E-state index contributed by atoms with van der Waals surface area (Å²) in [6, 6.07) is 9.56. The molecule has 0 unspecified atom stereocenters. The molecule has 0 amide bonds. The van der Waals surface area contributed by atoms with Gasteiger partial charge < -0.3 is 0 Å². The van der Waals surface area contributed by atoms with E-state index in [9.17, 15) is 4.79 Å². The Kier molecular flexibility index (Phi) is 3.09. The predicted molar refractivity (Wildman–Crippen MR) is 69.1 cm³/mol. The molecule has 88 valence electrons. The largest absolute Gasteiger partial charge is 0.268 e. The second kappa shape index (κ2) is 4.53. The standard InChI is InChI=1S/C14H16N2O/c1-4-16-14(17)8-7-13(15-16)12-6-5-10(2)11(3)9-12/h5-9H,4H2,1-3H3. The molecule has 2 rings (SSSR count). The Balaban J connectivity index is 2.53. The summed E-state index contributed by atoms with van der Waals surface area (Å²) in [4.78, 5) is 11.5. The van der Waals surface area contributed by atoms with Crippen molar-refractivity contribution in [2.45, 2.75) is 27.3 Å². The van der Waals surface area contributed by atoms with E-state index < -0.39 is 0 Å². The second-order valence-corrected chi connectivity index (χ2v) is 4.17. The first kappa shape index (κ1) is 11.6. The smallest absolute Gasteiger partial charge is 0.266 e. The number of nitrogens with zero attached hydrogens (tertiary/aromatic N) is 2. The molecule has 0 aliphatic heterocycles. The van der Waals surface area contributed by atoms with Crippen molar-refractivity contribution in [1.29, 1.82) is 0 Å². The summed E-state index contributed by atoms with van der Waals surface area (Å²) in [6.45, 7) is 6.67. The average Bonchev–Trinajstić information content (AvgIpc) is 2.33. The molecule has 0 aliphatic carbocycles. The maximum atomic E-state index is 11.5. The van der Waals surface area contributed by atoms with Crippen LogP contribution in [0.5, 0.6) is 0 Å². The normalized spacial score (nSPS) is 10.5. The van der Waals surface area contributed by atoms with Crippen LogP contribution in [0.15, 0.2) is 35.1 Å². The number of benzene rings is 1. The van der Waals surface area contributed by atoms with Crippen molar-refractivity contribution >= 4 is 0 Å². The van der Waals surface area contributed by atoms with E-state index >= 15 is 0 Å². The Morgan fingerprint density at radius 1 is 1.12 bits per heavy atom. The van der Waals surface area contributed by atoms with Crippen molar-refractivity contribution in [2.75, 3.05) is 0 Å². The molecule has 0 N–H and O–H groups in total. The van der Waals surface area contributed by atoms with Gasteiger partial charge in [-0.3, -0.25) is 4.79 Å². The van der Waals surface area contributed by atoms with Crippen LogP contribution in [0.25, 0.3) is 11.3 Å². The Bertz CT molecular complexity index is 599. The van der Waals surface area contributed by atoms with Crippen molar-refractivity contribution in [3.8, 4) is 11.3 Å². The van der Waals surface area contributed by atoms with Crippen LogP contribution >= 0.6 is 0 Å². The third kappa shape index (κ3) is 2.28. The van der Waals surface area contributed by atoms with E-state index in [4.69, 9.17) is 0 Å². The fourth-order valence-electron chi connectivity index (χ4n) is 1.73. The number of aromatic nitrogens is 2. The van der Waals surface area contributed by atoms with E-state index in [0.717, 1.165) is 11.3 Å². The highest BCUT2D eigenvalue weighted by Gasteiger charge is 2.03. The lowest BCUT2D eigenvalue weighted by Crippen LogP contribution is -2.20. The van der Waals surface area contributed by atoms with Crippen molar-refractivity contribution < 1.29 is 0 Å². The monoisotopic (exact) mass is 228 g/mol. The zero-order valence-corrected chi connectivity index (χ0v) is 10.4. The van der Waals surface area contributed by atoms with Gasteiger partial charge in [0.15, 0.2) is 0 Å². The number of hydrogen-bond donors (Lipinski definition) is 0. The van der Waals surface area contributed by atoms with Gasteiger partial charge in [0.05, 0.1) is 5.69 Å². The van der Waals surface area contributed by atoms with Crippen molar-refractivity contribution in [1.82, 2.24) is 9.78 Å². The van der Waals surface area contributed by atoms with Gasteiger partial charge in [-0.05, 0) is 44.0 Å². The molecular weight excluding hydrogens is 212 g/mol.